The first-order chi connectivity index (χ1) is 21.1. The molecule has 1 heterocycles. The van der Waals surface area contributed by atoms with Crippen LogP contribution in [0.3, 0.4) is 0 Å². The Kier molecular flexibility index (Phi) is 7.82. The predicted octanol–water partition coefficient (Wildman–Crippen LogP) is 9.26. The Morgan fingerprint density at radius 2 is 1.36 bits per heavy atom. The molecule has 5 aromatic rings. The van der Waals surface area contributed by atoms with E-state index in [4.69, 9.17) is 17.0 Å². The zero-order valence-corrected chi connectivity index (χ0v) is 31.5. The molecule has 0 amide bonds. The van der Waals surface area contributed by atoms with Gasteiger partial charge in [-0.15, -0.1) is 0 Å². The molecular weight excluding hydrogens is 671 g/mol. The number of hydrogen-bond donors (Lipinski definition) is 0. The molecule has 1 aliphatic heterocycles. The van der Waals surface area contributed by atoms with Crippen LogP contribution < -0.4 is 13.6 Å². The van der Waals surface area contributed by atoms with Crippen molar-refractivity contribution < 1.29 is 17.9 Å². The summed E-state index contributed by atoms with van der Waals surface area (Å²) in [6.07, 6.45) is 2.45. The predicted molar refractivity (Wildman–Crippen MR) is 193 cm³/mol. The Morgan fingerprint density at radius 1 is 0.705 bits per heavy atom. The first-order valence-corrected chi connectivity index (χ1v) is 26.1. The van der Waals surface area contributed by atoms with E-state index in [0.29, 0.717) is 5.92 Å². The normalized spacial score (nSPS) is 16.2. The monoisotopic (exact) mass is 706 g/mol. The SMILES string of the molecule is CC(C)c1ccccc1-c1c(C(C)(C)C)ccc2c1C=C(c1ccccc1)[CH]2[Zr]([Cl])([Cl])[c]1cccc2c1[SiH2]c1ccccc1-2. The maximum atomic E-state index is 8.03. The van der Waals surface area contributed by atoms with Crippen molar-refractivity contribution in [2.75, 3.05) is 0 Å². The van der Waals surface area contributed by atoms with E-state index in [1.54, 1.807) is 0 Å². The van der Waals surface area contributed by atoms with E-state index in [9.17, 15) is 0 Å². The summed E-state index contributed by atoms with van der Waals surface area (Å²) in [7, 11) is 15.4. The zero-order chi connectivity index (χ0) is 30.8. The Labute approximate surface area is 276 Å². The number of rotatable bonds is 5. The van der Waals surface area contributed by atoms with Crippen LogP contribution in [0, 0.1) is 0 Å². The van der Waals surface area contributed by atoms with E-state index in [-0.39, 0.29) is 9.04 Å². The molecule has 220 valence electrons. The first kappa shape index (κ1) is 30.2. The fraction of sp³-hybridized carbons (Fsp3) is 0.200. The third-order valence-corrected chi connectivity index (χ3v) is 23.7. The summed E-state index contributed by atoms with van der Waals surface area (Å²) in [5, 5.41) is 2.96. The third-order valence-electron chi connectivity index (χ3n) is 9.54. The van der Waals surface area contributed by atoms with Crippen LogP contribution in [-0.4, -0.2) is 9.52 Å². The number of fused-ring (bicyclic) bond motifs is 4. The van der Waals surface area contributed by atoms with Gasteiger partial charge in [-0.05, 0) is 0 Å². The average Bonchev–Trinajstić information content (AvgIpc) is 3.60. The number of allylic oxidation sites excluding steroid dienone is 1. The van der Waals surface area contributed by atoms with Crippen LogP contribution in [0.2, 0.25) is 0 Å². The van der Waals surface area contributed by atoms with Crippen LogP contribution in [-0.2, 0) is 23.3 Å². The summed E-state index contributed by atoms with van der Waals surface area (Å²) in [6.45, 7) is 11.6. The molecule has 0 nitrogen and oxygen atoms in total. The van der Waals surface area contributed by atoms with Gasteiger partial charge in [0.05, 0.1) is 0 Å². The average molecular weight is 709 g/mol. The fourth-order valence-electron chi connectivity index (χ4n) is 7.49. The summed E-state index contributed by atoms with van der Waals surface area (Å²) >= 11 is -4.17. The molecule has 1 unspecified atom stereocenters. The van der Waals surface area contributed by atoms with Crippen LogP contribution in [0.15, 0.2) is 109 Å². The molecule has 0 bridgehead atoms. The Hall–Kier alpha value is -2.48. The summed E-state index contributed by atoms with van der Waals surface area (Å²) in [5.74, 6) is 0.405. The molecular formula is C40H38Cl2SiZr. The Morgan fingerprint density at radius 3 is 2.09 bits per heavy atom. The zero-order valence-electron chi connectivity index (χ0n) is 26.1. The van der Waals surface area contributed by atoms with Gasteiger partial charge in [0, 0.05) is 0 Å². The van der Waals surface area contributed by atoms with Crippen molar-refractivity contribution in [1.82, 2.24) is 0 Å². The van der Waals surface area contributed by atoms with Gasteiger partial charge in [0.1, 0.15) is 0 Å². The van der Waals surface area contributed by atoms with E-state index >= 15 is 0 Å². The van der Waals surface area contributed by atoms with E-state index in [2.05, 4.69) is 150 Å². The van der Waals surface area contributed by atoms with Crippen molar-refractivity contribution in [2.45, 2.75) is 49.6 Å². The number of hydrogen-bond acceptors (Lipinski definition) is 0. The third kappa shape index (κ3) is 4.98. The molecule has 0 fully saturated rings. The molecule has 0 spiro atoms. The van der Waals surface area contributed by atoms with Gasteiger partial charge in [-0.2, -0.15) is 0 Å². The molecule has 1 atom stereocenters. The molecule has 2 aliphatic rings. The molecule has 0 radical (unpaired) electrons. The molecule has 0 saturated carbocycles. The minimum absolute atomic E-state index is 0.0202. The molecule has 44 heavy (non-hydrogen) atoms. The van der Waals surface area contributed by atoms with E-state index in [0.717, 1.165) is 0 Å². The van der Waals surface area contributed by atoms with Gasteiger partial charge >= 0.3 is 279 Å². The molecule has 4 heteroatoms. The van der Waals surface area contributed by atoms with Gasteiger partial charge in [-0.25, -0.2) is 0 Å². The number of halogens is 2. The van der Waals surface area contributed by atoms with Gasteiger partial charge < -0.3 is 0 Å². The maximum absolute atomic E-state index is 8.03. The van der Waals surface area contributed by atoms with E-state index < -0.39 is 27.4 Å². The van der Waals surface area contributed by atoms with Crippen LogP contribution in [0.4, 0.5) is 0 Å². The van der Waals surface area contributed by atoms with Gasteiger partial charge in [0.25, 0.3) is 0 Å². The molecule has 1 aliphatic carbocycles. The molecule has 0 aromatic heterocycles. The quantitative estimate of drug-likeness (QED) is 0.157. The fourth-order valence-corrected chi connectivity index (χ4v) is 24.0. The summed E-state index contributed by atoms with van der Waals surface area (Å²) in [5.41, 5.74) is 13.2. The van der Waals surface area contributed by atoms with Crippen molar-refractivity contribution in [1.29, 1.82) is 0 Å². The molecule has 0 saturated heterocycles. The second kappa shape index (κ2) is 11.4. The standard InChI is InChI=1S/C28H29.C12H9Si.2ClH.Zr/c1-19(2)23-13-9-10-14-24(23)27-25-18-22(20-11-7-6-8-12-20)17-21(25)15-16-26(27)28(3,4)5;1-3-7-11-9(5-1)10-6-2-4-8-12(10)13-11;;;/h6-19H,1-5H3;1-7H,13H2;2*1H;/q;;;;+2/p-2. The van der Waals surface area contributed by atoms with Gasteiger partial charge in [-0.1, -0.05) is 0 Å². The van der Waals surface area contributed by atoms with Crippen molar-refractivity contribution >= 4 is 51.8 Å². The van der Waals surface area contributed by atoms with Gasteiger partial charge in [0.15, 0.2) is 0 Å². The van der Waals surface area contributed by atoms with Gasteiger partial charge in [-0.3, -0.25) is 0 Å². The van der Waals surface area contributed by atoms with E-state index in [1.165, 1.54) is 69.3 Å². The second-order valence-corrected chi connectivity index (χ2v) is 29.5. The van der Waals surface area contributed by atoms with Crippen molar-refractivity contribution in [3.8, 4) is 22.3 Å². The molecule has 5 aromatic carbocycles. The minimum atomic E-state index is -4.17. The van der Waals surface area contributed by atoms with Crippen LogP contribution in [0.5, 0.6) is 0 Å². The summed E-state index contributed by atoms with van der Waals surface area (Å²) in [6, 6.07) is 40.1. The second-order valence-electron chi connectivity index (χ2n) is 13.7. The summed E-state index contributed by atoms with van der Waals surface area (Å²) < 4.78 is 1.25. The van der Waals surface area contributed by atoms with Crippen molar-refractivity contribution in [3.05, 3.63) is 137 Å². The summed E-state index contributed by atoms with van der Waals surface area (Å²) in [4.78, 5) is 0. The Balaban J connectivity index is 1.50. The van der Waals surface area contributed by atoms with E-state index in [1.807, 2.05) is 0 Å². The first-order valence-electron chi connectivity index (χ1n) is 15.7. The van der Waals surface area contributed by atoms with Crippen LogP contribution in [0.1, 0.15) is 72.0 Å². The number of benzene rings is 5. The topological polar surface area (TPSA) is 0 Å². The van der Waals surface area contributed by atoms with Crippen LogP contribution in [0.25, 0.3) is 33.9 Å². The van der Waals surface area contributed by atoms with Crippen LogP contribution >= 0.6 is 17.0 Å². The Bertz CT molecular complexity index is 1930. The van der Waals surface area contributed by atoms with Crippen molar-refractivity contribution in [2.24, 2.45) is 0 Å². The van der Waals surface area contributed by atoms with Crippen molar-refractivity contribution in [3.63, 3.8) is 0 Å². The molecule has 0 N–H and O–H groups in total. The molecule has 7 rings (SSSR count). The van der Waals surface area contributed by atoms with Gasteiger partial charge in [0.2, 0.25) is 0 Å².